The summed E-state index contributed by atoms with van der Waals surface area (Å²) in [7, 11) is 0. The Hall–Kier alpha value is -2.23. The fourth-order valence-electron chi connectivity index (χ4n) is 3.41. The molecule has 1 fully saturated rings. The van der Waals surface area contributed by atoms with Crippen LogP contribution in [0.4, 0.5) is 10.1 Å². The molecule has 0 atom stereocenters. The number of aromatic nitrogens is 1. The number of pyridine rings is 1. The first-order chi connectivity index (χ1) is 12.0. The van der Waals surface area contributed by atoms with Crippen molar-refractivity contribution < 1.29 is 9.18 Å². The highest BCUT2D eigenvalue weighted by molar-refractivity contribution is 5.75. The minimum Gasteiger partial charge on any atom is -0.371 e. The van der Waals surface area contributed by atoms with E-state index in [9.17, 15) is 9.18 Å². The zero-order valence-corrected chi connectivity index (χ0v) is 15.0. The summed E-state index contributed by atoms with van der Waals surface area (Å²) >= 11 is 0. The van der Waals surface area contributed by atoms with Gasteiger partial charge in [0, 0.05) is 37.0 Å². The third kappa shape index (κ3) is 4.44. The molecule has 1 aromatic carbocycles. The van der Waals surface area contributed by atoms with Crippen molar-refractivity contribution in [3.05, 3.63) is 47.9 Å². The first-order valence-electron chi connectivity index (χ1n) is 9.00. The van der Waals surface area contributed by atoms with Gasteiger partial charge in [0.15, 0.2) is 0 Å². The lowest BCUT2D eigenvalue weighted by molar-refractivity contribution is -0.117. The van der Waals surface area contributed by atoms with E-state index in [1.807, 2.05) is 18.2 Å². The molecule has 0 spiro atoms. The maximum Gasteiger partial charge on any atom is 0.129 e. The van der Waals surface area contributed by atoms with Gasteiger partial charge in [-0.3, -0.25) is 4.98 Å². The molecule has 1 aliphatic heterocycles. The van der Waals surface area contributed by atoms with E-state index in [1.165, 1.54) is 0 Å². The Bertz CT molecular complexity index is 751. The van der Waals surface area contributed by atoms with Crippen LogP contribution in [0.15, 0.2) is 36.5 Å². The van der Waals surface area contributed by atoms with E-state index < -0.39 is 0 Å². The number of benzene rings is 1. The van der Waals surface area contributed by atoms with Gasteiger partial charge >= 0.3 is 0 Å². The van der Waals surface area contributed by atoms with Crippen molar-refractivity contribution in [3.63, 3.8) is 0 Å². The molecule has 0 amide bonds. The number of ketones is 1. The maximum absolute atomic E-state index is 13.8. The topological polar surface area (TPSA) is 33.2 Å². The van der Waals surface area contributed by atoms with Gasteiger partial charge in [-0.25, -0.2) is 4.39 Å². The van der Waals surface area contributed by atoms with Crippen molar-refractivity contribution in [2.75, 3.05) is 18.0 Å². The monoisotopic (exact) mass is 340 g/mol. The first-order valence-corrected chi connectivity index (χ1v) is 9.00. The molecule has 3 rings (SSSR count). The summed E-state index contributed by atoms with van der Waals surface area (Å²) in [4.78, 5) is 17.9. The zero-order valence-electron chi connectivity index (χ0n) is 15.0. The molecule has 3 nitrogen and oxygen atoms in total. The molecule has 0 bridgehead atoms. The number of carbonyl (C=O) groups excluding carboxylic acids is 1. The summed E-state index contributed by atoms with van der Waals surface area (Å²) in [5.41, 5.74) is 3.39. The van der Waals surface area contributed by atoms with Crippen LogP contribution in [0.25, 0.3) is 11.3 Å². The van der Waals surface area contributed by atoms with Crippen molar-refractivity contribution in [2.24, 2.45) is 5.92 Å². The lowest BCUT2D eigenvalue weighted by Gasteiger charge is -2.33. The molecule has 0 unspecified atom stereocenters. The molecule has 132 valence electrons. The second-order valence-electron chi connectivity index (χ2n) is 7.03. The summed E-state index contributed by atoms with van der Waals surface area (Å²) in [5, 5.41) is 0. The van der Waals surface area contributed by atoms with Gasteiger partial charge in [0.05, 0.1) is 5.69 Å². The second-order valence-corrected chi connectivity index (χ2v) is 7.03. The van der Waals surface area contributed by atoms with Crippen molar-refractivity contribution in [1.82, 2.24) is 4.98 Å². The number of hydrogen-bond donors (Lipinski definition) is 0. The summed E-state index contributed by atoms with van der Waals surface area (Å²) in [6.45, 7) is 5.42. The van der Waals surface area contributed by atoms with E-state index in [0.29, 0.717) is 17.9 Å². The molecule has 0 radical (unpaired) electrons. The van der Waals surface area contributed by atoms with Gasteiger partial charge in [0.1, 0.15) is 11.6 Å². The predicted molar refractivity (Wildman–Crippen MR) is 99.2 cm³/mol. The minimum absolute atomic E-state index is 0.198. The Morgan fingerprint density at radius 1 is 1.24 bits per heavy atom. The number of hydrogen-bond acceptors (Lipinski definition) is 3. The van der Waals surface area contributed by atoms with Crippen molar-refractivity contribution in [2.45, 2.75) is 39.5 Å². The van der Waals surface area contributed by atoms with Crippen LogP contribution in [0.2, 0.25) is 0 Å². The van der Waals surface area contributed by atoms with Gasteiger partial charge in [0.25, 0.3) is 0 Å². The van der Waals surface area contributed by atoms with Crippen molar-refractivity contribution in [1.29, 1.82) is 0 Å². The molecular weight excluding hydrogens is 315 g/mol. The van der Waals surface area contributed by atoms with E-state index in [4.69, 9.17) is 0 Å². The third-order valence-corrected chi connectivity index (χ3v) is 5.10. The molecule has 0 N–H and O–H groups in total. The SMILES string of the molecule is CC(=O)CCC1CCN(c2ccnc(-c3ccc(C)c(F)c3)c2)CC1. The predicted octanol–water partition coefficient (Wildman–Crippen LogP) is 4.78. The molecule has 0 aliphatic carbocycles. The van der Waals surface area contributed by atoms with E-state index in [-0.39, 0.29) is 11.6 Å². The molecule has 0 saturated carbocycles. The van der Waals surface area contributed by atoms with Crippen LogP contribution in [-0.4, -0.2) is 23.9 Å². The number of aryl methyl sites for hydroxylation is 1. The fraction of sp³-hybridized carbons (Fsp3) is 0.429. The highest BCUT2D eigenvalue weighted by atomic mass is 19.1. The second kappa shape index (κ2) is 7.77. The van der Waals surface area contributed by atoms with Gasteiger partial charge in [0.2, 0.25) is 0 Å². The minimum atomic E-state index is -0.198. The van der Waals surface area contributed by atoms with Crippen LogP contribution >= 0.6 is 0 Å². The number of carbonyl (C=O) groups is 1. The average Bonchev–Trinajstić information content (AvgIpc) is 2.63. The van der Waals surface area contributed by atoms with Crippen LogP contribution in [0.3, 0.4) is 0 Å². The standard InChI is InChI=1S/C21H25FN2O/c1-15-3-6-18(13-20(15)22)21-14-19(7-10-23-21)24-11-8-17(9-12-24)5-4-16(2)25/h3,6-7,10,13-14,17H,4-5,8-9,11-12H2,1-2H3. The number of Topliss-reactive ketones (excluding diaryl/α,β-unsaturated/α-hetero) is 1. The van der Waals surface area contributed by atoms with Crippen LogP contribution in [0.5, 0.6) is 0 Å². The molecule has 25 heavy (non-hydrogen) atoms. The van der Waals surface area contributed by atoms with E-state index in [1.54, 1.807) is 32.2 Å². The number of piperidine rings is 1. The summed E-state index contributed by atoms with van der Waals surface area (Å²) in [6.07, 6.45) is 5.73. The fourth-order valence-corrected chi connectivity index (χ4v) is 3.41. The molecule has 4 heteroatoms. The Morgan fingerprint density at radius 3 is 2.68 bits per heavy atom. The highest BCUT2D eigenvalue weighted by Gasteiger charge is 2.20. The quantitative estimate of drug-likeness (QED) is 0.785. The van der Waals surface area contributed by atoms with Gasteiger partial charge in [-0.2, -0.15) is 0 Å². The smallest absolute Gasteiger partial charge is 0.129 e. The summed E-state index contributed by atoms with van der Waals surface area (Å²) in [6, 6.07) is 9.32. The molecule has 1 saturated heterocycles. The van der Waals surface area contributed by atoms with E-state index >= 15 is 0 Å². The van der Waals surface area contributed by atoms with Gasteiger partial charge < -0.3 is 9.69 Å². The summed E-state index contributed by atoms with van der Waals surface area (Å²) in [5.74, 6) is 0.732. The van der Waals surface area contributed by atoms with Crippen LogP contribution in [0, 0.1) is 18.7 Å². The molecule has 2 heterocycles. The Balaban J connectivity index is 1.68. The number of rotatable bonds is 5. The highest BCUT2D eigenvalue weighted by Crippen LogP contribution is 2.28. The Labute approximate surface area is 148 Å². The molecule has 2 aromatic rings. The lowest BCUT2D eigenvalue weighted by atomic mass is 9.91. The van der Waals surface area contributed by atoms with Gasteiger partial charge in [-0.15, -0.1) is 0 Å². The van der Waals surface area contributed by atoms with Crippen molar-refractivity contribution >= 4 is 11.5 Å². The zero-order chi connectivity index (χ0) is 17.8. The number of anilines is 1. The van der Waals surface area contributed by atoms with Crippen LogP contribution in [0.1, 0.15) is 38.2 Å². The van der Waals surface area contributed by atoms with E-state index in [0.717, 1.165) is 49.3 Å². The maximum atomic E-state index is 13.8. The summed E-state index contributed by atoms with van der Waals surface area (Å²) < 4.78 is 13.8. The molecular formula is C21H25FN2O. The van der Waals surface area contributed by atoms with E-state index in [2.05, 4.69) is 9.88 Å². The average molecular weight is 340 g/mol. The number of nitrogens with zero attached hydrogens (tertiary/aromatic N) is 2. The Morgan fingerprint density at radius 2 is 2.00 bits per heavy atom. The van der Waals surface area contributed by atoms with Gasteiger partial charge in [-0.05, 0) is 62.8 Å². The van der Waals surface area contributed by atoms with Gasteiger partial charge in [-0.1, -0.05) is 12.1 Å². The van der Waals surface area contributed by atoms with Crippen LogP contribution < -0.4 is 4.90 Å². The molecule has 1 aliphatic rings. The third-order valence-electron chi connectivity index (χ3n) is 5.10. The van der Waals surface area contributed by atoms with Crippen molar-refractivity contribution in [3.8, 4) is 11.3 Å². The molecule has 1 aromatic heterocycles. The lowest BCUT2D eigenvalue weighted by Crippen LogP contribution is -2.33. The first kappa shape index (κ1) is 17.6. The largest absolute Gasteiger partial charge is 0.371 e. The normalized spacial score (nSPS) is 15.4. The van der Waals surface area contributed by atoms with Crippen LogP contribution in [-0.2, 0) is 4.79 Å². The Kier molecular flexibility index (Phi) is 5.47. The number of halogens is 1.